The van der Waals surface area contributed by atoms with Gasteiger partial charge in [-0.1, -0.05) is 38.5 Å². The molecule has 1 aromatic heterocycles. The molecule has 0 bridgehead atoms. The van der Waals surface area contributed by atoms with Gasteiger partial charge in [0.15, 0.2) is 21.2 Å². The molecule has 0 spiro atoms. The zero-order valence-corrected chi connectivity index (χ0v) is 23.6. The van der Waals surface area contributed by atoms with Gasteiger partial charge >= 0.3 is 11.7 Å². The minimum Gasteiger partial charge on any atom is -0.422 e. The Balaban J connectivity index is 2.09. The molecule has 1 amide bonds. The lowest BCUT2D eigenvalue weighted by Gasteiger charge is -2.18. The van der Waals surface area contributed by atoms with Crippen molar-refractivity contribution < 1.29 is 22.4 Å². The second-order valence-electron chi connectivity index (χ2n) is 9.57. The Labute approximate surface area is 224 Å². The topological polar surface area (TPSA) is 109 Å². The van der Waals surface area contributed by atoms with Gasteiger partial charge < -0.3 is 24.3 Å². The van der Waals surface area contributed by atoms with Crippen LogP contribution in [0.3, 0.4) is 0 Å². The fraction of sp³-hybridized carbons (Fsp3) is 0.429. The Kier molecular flexibility index (Phi) is 9.41. The highest BCUT2D eigenvalue weighted by Gasteiger charge is 2.20. The lowest BCUT2D eigenvalue weighted by atomic mass is 9.93. The number of sulfone groups is 1. The first-order valence-electron chi connectivity index (χ1n) is 12.5. The Morgan fingerprint density at radius 2 is 1.82 bits per heavy atom. The van der Waals surface area contributed by atoms with Crippen molar-refractivity contribution in [1.82, 2.24) is 9.80 Å². The van der Waals surface area contributed by atoms with Crippen molar-refractivity contribution in [2.24, 2.45) is 0 Å². The number of hydrogen-bond donors (Lipinski definition) is 1. The van der Waals surface area contributed by atoms with Crippen molar-refractivity contribution in [3.8, 4) is 5.75 Å². The number of anilines is 1. The SMILES string of the molecule is CCCc1c(Cc2c(CN(C)C)c3c#cc(OC(=O)N(C)C)cc3oc2=O)cccc1NCS(=O)(=O)CC. The lowest BCUT2D eigenvalue weighted by molar-refractivity contribution is 0.172. The van der Waals surface area contributed by atoms with Gasteiger partial charge in [0.05, 0.1) is 5.39 Å². The number of ether oxygens (including phenoxy) is 1. The minimum atomic E-state index is -3.21. The van der Waals surface area contributed by atoms with Gasteiger partial charge in [-0.3, -0.25) is 0 Å². The minimum absolute atomic E-state index is 0.0540. The molecule has 0 aliphatic carbocycles. The standard InChI is InChI=1S/C28H35N3O6S/c1-7-10-21-19(11-9-12-25(21)29-18-38(34,35)8-2)15-23-24(17-30(3)4)22-14-13-20(36-28(33)31(5)6)16-26(22)37-27(23)32/h9,11-12,16,29H,7-8,10,15,17-18H2,1-6H3. The Morgan fingerprint density at radius 1 is 1.08 bits per heavy atom. The summed E-state index contributed by atoms with van der Waals surface area (Å²) in [5.74, 6) is 0.00589. The summed E-state index contributed by atoms with van der Waals surface area (Å²) < 4.78 is 35.1. The molecule has 9 nitrogen and oxygen atoms in total. The maximum atomic E-state index is 13.3. The van der Waals surface area contributed by atoms with Crippen LogP contribution in [0.5, 0.6) is 5.75 Å². The van der Waals surface area contributed by atoms with Crippen LogP contribution in [0.15, 0.2) is 33.5 Å². The first-order chi connectivity index (χ1) is 18.0. The summed E-state index contributed by atoms with van der Waals surface area (Å²) in [6, 6.07) is 13.0. The lowest BCUT2D eigenvalue weighted by Crippen LogP contribution is -2.25. The van der Waals surface area contributed by atoms with Gasteiger partial charge in [-0.2, -0.15) is 0 Å². The number of hydrogen-bond acceptors (Lipinski definition) is 8. The molecule has 0 atom stereocenters. The average molecular weight is 542 g/mol. The summed E-state index contributed by atoms with van der Waals surface area (Å²) >= 11 is 0. The molecule has 10 heteroatoms. The third-order valence-electron chi connectivity index (χ3n) is 6.03. The van der Waals surface area contributed by atoms with Crippen LogP contribution in [0.25, 0.3) is 11.0 Å². The fourth-order valence-electron chi connectivity index (χ4n) is 4.05. The number of fused-ring (bicyclic) bond motifs is 1. The average Bonchev–Trinajstić information content (AvgIpc) is 2.85. The zero-order chi connectivity index (χ0) is 28.0. The molecule has 0 radical (unpaired) electrons. The van der Waals surface area contributed by atoms with E-state index in [0.717, 1.165) is 28.8 Å². The Bertz CT molecular complexity index is 1460. The first kappa shape index (κ1) is 29.0. The molecule has 3 rings (SSSR count). The molecular formula is C28H35N3O6S. The first-order valence-corrected chi connectivity index (χ1v) is 14.3. The van der Waals surface area contributed by atoms with Crippen molar-refractivity contribution in [3.63, 3.8) is 0 Å². The summed E-state index contributed by atoms with van der Waals surface area (Å²) in [5, 5.41) is 3.66. The molecule has 0 saturated heterocycles. The molecule has 1 N–H and O–H groups in total. The van der Waals surface area contributed by atoms with Crippen molar-refractivity contribution in [1.29, 1.82) is 0 Å². The van der Waals surface area contributed by atoms with Crippen LogP contribution in [0.2, 0.25) is 0 Å². The van der Waals surface area contributed by atoms with E-state index in [2.05, 4.69) is 24.4 Å². The van der Waals surface area contributed by atoms with E-state index in [4.69, 9.17) is 9.15 Å². The number of rotatable bonds is 11. The predicted molar refractivity (Wildman–Crippen MR) is 148 cm³/mol. The molecule has 0 aliphatic heterocycles. The van der Waals surface area contributed by atoms with Gasteiger partial charge in [0, 0.05) is 50.1 Å². The normalized spacial score (nSPS) is 11.4. The zero-order valence-electron chi connectivity index (χ0n) is 22.8. The summed E-state index contributed by atoms with van der Waals surface area (Å²) in [6.45, 7) is 4.13. The molecule has 1 heterocycles. The second-order valence-corrected chi connectivity index (χ2v) is 11.9. The smallest absolute Gasteiger partial charge is 0.415 e. The number of carbonyl (C=O) groups is 1. The summed E-state index contributed by atoms with van der Waals surface area (Å²) in [5.41, 5.74) is 3.63. The third-order valence-corrected chi connectivity index (χ3v) is 7.50. The summed E-state index contributed by atoms with van der Waals surface area (Å²) in [6.07, 6.45) is 1.29. The predicted octanol–water partition coefficient (Wildman–Crippen LogP) is 3.86. The van der Waals surface area contributed by atoms with Gasteiger partial charge in [0.1, 0.15) is 5.88 Å². The summed E-state index contributed by atoms with van der Waals surface area (Å²) in [7, 11) is 3.73. The third kappa shape index (κ3) is 7.05. The van der Waals surface area contributed by atoms with Crippen molar-refractivity contribution in [2.45, 2.75) is 39.7 Å². The van der Waals surface area contributed by atoms with E-state index in [1.165, 1.54) is 11.0 Å². The van der Waals surface area contributed by atoms with E-state index >= 15 is 0 Å². The van der Waals surface area contributed by atoms with Crippen LogP contribution >= 0.6 is 0 Å². The van der Waals surface area contributed by atoms with E-state index in [9.17, 15) is 18.0 Å². The maximum Gasteiger partial charge on any atom is 0.415 e. The molecule has 0 aliphatic rings. The van der Waals surface area contributed by atoms with Crippen molar-refractivity contribution >= 4 is 32.6 Å². The number of nitrogens with one attached hydrogen (secondary N) is 1. The van der Waals surface area contributed by atoms with Crippen LogP contribution in [-0.2, 0) is 29.2 Å². The van der Waals surface area contributed by atoms with E-state index in [1.807, 2.05) is 37.2 Å². The van der Waals surface area contributed by atoms with Crippen molar-refractivity contribution in [3.05, 3.63) is 69.1 Å². The molecule has 204 valence electrons. The van der Waals surface area contributed by atoms with E-state index < -0.39 is 21.6 Å². The van der Waals surface area contributed by atoms with Gasteiger partial charge in [-0.25, -0.2) is 18.0 Å². The number of carbonyl (C=O) groups excluding carboxylic acids is 1. The van der Waals surface area contributed by atoms with Crippen LogP contribution < -0.4 is 15.7 Å². The van der Waals surface area contributed by atoms with Crippen LogP contribution in [0.4, 0.5) is 10.5 Å². The highest BCUT2D eigenvalue weighted by atomic mass is 32.2. The van der Waals surface area contributed by atoms with Crippen LogP contribution in [0.1, 0.15) is 42.5 Å². The Hall–Kier alpha value is -3.55. The molecule has 38 heavy (non-hydrogen) atoms. The Morgan fingerprint density at radius 3 is 2.45 bits per heavy atom. The monoisotopic (exact) mass is 541 g/mol. The van der Waals surface area contributed by atoms with Crippen LogP contribution in [0, 0.1) is 12.1 Å². The number of amides is 1. The largest absolute Gasteiger partial charge is 0.422 e. The molecule has 0 unspecified atom stereocenters. The number of nitrogens with zero attached hydrogens (tertiary/aromatic N) is 2. The van der Waals surface area contributed by atoms with Crippen LogP contribution in [-0.4, -0.2) is 64.1 Å². The van der Waals surface area contributed by atoms with Gasteiger partial charge in [0.2, 0.25) is 0 Å². The molecule has 0 saturated carbocycles. The number of benzene rings is 1. The summed E-state index contributed by atoms with van der Waals surface area (Å²) in [4.78, 5) is 28.5. The van der Waals surface area contributed by atoms with Gasteiger partial charge in [-0.15, -0.1) is 0 Å². The van der Waals surface area contributed by atoms with Crippen molar-refractivity contribution in [2.75, 3.05) is 45.1 Å². The molecule has 0 fully saturated rings. The second kappa shape index (κ2) is 12.3. The highest BCUT2D eigenvalue weighted by molar-refractivity contribution is 7.91. The molecular weight excluding hydrogens is 506 g/mol. The van der Waals surface area contributed by atoms with E-state index in [0.29, 0.717) is 30.3 Å². The quantitative estimate of drug-likeness (QED) is 0.390. The molecule has 2 aromatic carbocycles. The van der Waals surface area contributed by atoms with Gasteiger partial charge in [-0.05, 0) is 49.3 Å². The van der Waals surface area contributed by atoms with E-state index in [-0.39, 0.29) is 23.0 Å². The maximum absolute atomic E-state index is 13.3. The highest BCUT2D eigenvalue weighted by Crippen LogP contribution is 2.28. The van der Waals surface area contributed by atoms with Gasteiger partial charge in [0.25, 0.3) is 0 Å². The fourth-order valence-corrected chi connectivity index (χ4v) is 4.63. The van der Waals surface area contributed by atoms with E-state index in [1.54, 1.807) is 21.0 Å². The molecule has 3 aromatic rings.